The third-order valence-electron chi connectivity index (χ3n) is 4.18. The summed E-state index contributed by atoms with van der Waals surface area (Å²) in [5.74, 6) is -1.87. The molecule has 2 aromatic heterocycles. The Hall–Kier alpha value is -3.27. The third-order valence-corrected chi connectivity index (χ3v) is 4.18. The van der Waals surface area contributed by atoms with Gasteiger partial charge in [0.15, 0.2) is 0 Å². The Morgan fingerprint density at radius 1 is 0.655 bits per heavy atom. The topological polar surface area (TPSA) is 100 Å². The molecule has 0 radical (unpaired) electrons. The molecule has 4 rings (SSSR count). The molecule has 140 valence electrons. The number of aromatic nitrogens is 2. The molecule has 0 fully saturated rings. The second kappa shape index (κ2) is 9.29. The van der Waals surface area contributed by atoms with Crippen molar-refractivity contribution < 1.29 is 19.8 Å². The Balaban J connectivity index is 0.000000200. The van der Waals surface area contributed by atoms with Gasteiger partial charge in [-0.25, -0.2) is 9.59 Å². The molecule has 0 aliphatic heterocycles. The van der Waals surface area contributed by atoms with E-state index in [1.54, 1.807) is 24.3 Å². The molecule has 0 aliphatic carbocycles. The molecular formula is C22H18AlN2O4+3. The molecule has 4 aromatic rings. The first kappa shape index (κ1) is 22.0. The Morgan fingerprint density at radius 2 is 1.03 bits per heavy atom. The number of aryl methyl sites for hydroxylation is 2. The van der Waals surface area contributed by atoms with E-state index in [9.17, 15) is 9.59 Å². The molecule has 7 heteroatoms. The van der Waals surface area contributed by atoms with E-state index in [1.807, 2.05) is 50.2 Å². The van der Waals surface area contributed by atoms with E-state index in [-0.39, 0.29) is 28.5 Å². The maximum atomic E-state index is 10.9. The number of carboxylic acid groups (broad SMARTS) is 2. The molecule has 0 bridgehead atoms. The van der Waals surface area contributed by atoms with Gasteiger partial charge in [-0.2, -0.15) is 0 Å². The van der Waals surface area contributed by atoms with Gasteiger partial charge in [0.25, 0.3) is 0 Å². The van der Waals surface area contributed by atoms with Crippen molar-refractivity contribution in [1.82, 2.24) is 9.97 Å². The number of fused-ring (bicyclic) bond motifs is 2. The van der Waals surface area contributed by atoms with Gasteiger partial charge >= 0.3 is 29.3 Å². The standard InChI is InChI=1S/2C11H9NO2.Al/c2*1-7-5-6-8-3-2-4-9(11(13)14)10(8)12-7;/h2*2-6H,1H3,(H,13,14);/q;;+3. The number of aromatic carboxylic acids is 2. The molecule has 0 saturated heterocycles. The van der Waals surface area contributed by atoms with Crippen LogP contribution in [0.1, 0.15) is 32.1 Å². The predicted octanol–water partition coefficient (Wildman–Crippen LogP) is 4.10. The maximum Gasteiger partial charge on any atom is 3.00 e. The first-order valence-corrected chi connectivity index (χ1v) is 8.56. The zero-order valence-electron chi connectivity index (χ0n) is 16.0. The average Bonchev–Trinajstić information content (AvgIpc) is 2.67. The van der Waals surface area contributed by atoms with Crippen molar-refractivity contribution in [2.45, 2.75) is 13.8 Å². The van der Waals surface area contributed by atoms with Crippen molar-refractivity contribution in [2.75, 3.05) is 0 Å². The zero-order valence-corrected chi connectivity index (χ0v) is 17.1. The number of para-hydroxylation sites is 2. The third kappa shape index (κ3) is 4.97. The van der Waals surface area contributed by atoms with Crippen LogP contribution < -0.4 is 0 Å². The van der Waals surface area contributed by atoms with Crippen LogP contribution in [-0.4, -0.2) is 49.5 Å². The van der Waals surface area contributed by atoms with Gasteiger partial charge in [0.05, 0.1) is 22.2 Å². The zero-order chi connectivity index (χ0) is 20.3. The van der Waals surface area contributed by atoms with Gasteiger partial charge in [-0.05, 0) is 38.1 Å². The smallest absolute Gasteiger partial charge is 0.478 e. The summed E-state index contributed by atoms with van der Waals surface area (Å²) < 4.78 is 0. The van der Waals surface area contributed by atoms with Crippen LogP contribution >= 0.6 is 0 Å². The van der Waals surface area contributed by atoms with Gasteiger partial charge in [-0.3, -0.25) is 9.97 Å². The van der Waals surface area contributed by atoms with Crippen LogP contribution in [0.4, 0.5) is 0 Å². The van der Waals surface area contributed by atoms with Gasteiger partial charge in [0.2, 0.25) is 0 Å². The second-order valence-electron chi connectivity index (χ2n) is 6.27. The minimum absolute atomic E-state index is 0. The summed E-state index contributed by atoms with van der Waals surface area (Å²) in [7, 11) is 0. The quantitative estimate of drug-likeness (QED) is 0.491. The SMILES string of the molecule is Cc1ccc2cccc(C(=O)O)c2n1.Cc1ccc2cccc(C(=O)O)c2n1.[Al+3]. The summed E-state index contributed by atoms with van der Waals surface area (Å²) in [6, 6.07) is 17.8. The molecule has 29 heavy (non-hydrogen) atoms. The molecule has 6 nitrogen and oxygen atoms in total. The fourth-order valence-corrected chi connectivity index (χ4v) is 2.83. The predicted molar refractivity (Wildman–Crippen MR) is 113 cm³/mol. The Kier molecular flexibility index (Phi) is 7.05. The summed E-state index contributed by atoms with van der Waals surface area (Å²) in [4.78, 5) is 30.2. The Labute approximate surface area is 178 Å². The van der Waals surface area contributed by atoms with Gasteiger partial charge in [0.1, 0.15) is 0 Å². The summed E-state index contributed by atoms with van der Waals surface area (Å²) in [6.07, 6.45) is 0. The van der Waals surface area contributed by atoms with E-state index in [0.29, 0.717) is 11.0 Å². The average molecular weight is 401 g/mol. The number of rotatable bonds is 2. The Bertz CT molecular complexity index is 1110. The van der Waals surface area contributed by atoms with Crippen LogP contribution in [0.15, 0.2) is 60.7 Å². The fraction of sp³-hybridized carbons (Fsp3) is 0.0909. The number of benzene rings is 2. The summed E-state index contributed by atoms with van der Waals surface area (Å²) in [5, 5.41) is 19.6. The molecule has 2 aromatic carbocycles. The van der Waals surface area contributed by atoms with E-state index in [2.05, 4.69) is 9.97 Å². The largest absolute Gasteiger partial charge is 3.00 e. The molecule has 2 heterocycles. The van der Waals surface area contributed by atoms with Crippen LogP contribution in [-0.2, 0) is 0 Å². The molecule has 0 amide bonds. The minimum atomic E-state index is -0.936. The Morgan fingerprint density at radius 3 is 1.38 bits per heavy atom. The van der Waals surface area contributed by atoms with Gasteiger partial charge < -0.3 is 10.2 Å². The summed E-state index contributed by atoms with van der Waals surface area (Å²) in [6.45, 7) is 3.69. The fourth-order valence-electron chi connectivity index (χ4n) is 2.83. The van der Waals surface area contributed by atoms with E-state index < -0.39 is 11.9 Å². The summed E-state index contributed by atoms with van der Waals surface area (Å²) in [5.41, 5.74) is 3.27. The van der Waals surface area contributed by atoms with E-state index in [1.165, 1.54) is 0 Å². The van der Waals surface area contributed by atoms with Crippen molar-refractivity contribution in [2.24, 2.45) is 0 Å². The van der Waals surface area contributed by atoms with Crippen LogP contribution in [0.25, 0.3) is 21.8 Å². The number of nitrogens with zero attached hydrogens (tertiary/aromatic N) is 2. The normalized spacial score (nSPS) is 10.0. The van der Waals surface area contributed by atoms with Crippen LogP contribution in [0.5, 0.6) is 0 Å². The molecule has 0 atom stereocenters. The van der Waals surface area contributed by atoms with Gasteiger partial charge in [0, 0.05) is 22.2 Å². The van der Waals surface area contributed by atoms with E-state index in [4.69, 9.17) is 10.2 Å². The number of carbonyl (C=O) groups is 2. The number of hydrogen-bond donors (Lipinski definition) is 2. The number of hydrogen-bond acceptors (Lipinski definition) is 4. The first-order chi connectivity index (χ1) is 13.4. The number of carboxylic acids is 2. The minimum Gasteiger partial charge on any atom is -0.478 e. The summed E-state index contributed by atoms with van der Waals surface area (Å²) >= 11 is 0. The molecule has 0 aliphatic rings. The maximum absolute atomic E-state index is 10.9. The number of pyridine rings is 2. The van der Waals surface area contributed by atoms with Crippen LogP contribution in [0.3, 0.4) is 0 Å². The second-order valence-corrected chi connectivity index (χ2v) is 6.27. The van der Waals surface area contributed by atoms with Crippen molar-refractivity contribution in [1.29, 1.82) is 0 Å². The van der Waals surface area contributed by atoms with Gasteiger partial charge in [-0.15, -0.1) is 0 Å². The van der Waals surface area contributed by atoms with Crippen molar-refractivity contribution >= 4 is 51.1 Å². The van der Waals surface area contributed by atoms with Crippen molar-refractivity contribution in [3.8, 4) is 0 Å². The molecular weight excluding hydrogens is 383 g/mol. The molecule has 0 unspecified atom stereocenters. The van der Waals surface area contributed by atoms with Gasteiger partial charge in [-0.1, -0.05) is 36.4 Å². The van der Waals surface area contributed by atoms with Crippen molar-refractivity contribution in [3.05, 3.63) is 83.2 Å². The molecule has 0 saturated carbocycles. The molecule has 2 N–H and O–H groups in total. The molecule has 0 spiro atoms. The van der Waals surface area contributed by atoms with E-state index >= 15 is 0 Å². The van der Waals surface area contributed by atoms with Crippen LogP contribution in [0, 0.1) is 13.8 Å². The monoisotopic (exact) mass is 401 g/mol. The first-order valence-electron chi connectivity index (χ1n) is 8.56. The van der Waals surface area contributed by atoms with E-state index in [0.717, 1.165) is 22.2 Å². The van der Waals surface area contributed by atoms with Crippen molar-refractivity contribution in [3.63, 3.8) is 0 Å². The van der Waals surface area contributed by atoms with Crippen LogP contribution in [0.2, 0.25) is 0 Å².